The number of phenolic OH excluding ortho intramolecular Hbond substituents is 1. The lowest BCUT2D eigenvalue weighted by Crippen LogP contribution is -2.59. The van der Waals surface area contributed by atoms with Crippen LogP contribution in [0.5, 0.6) is 5.75 Å². The fourth-order valence-corrected chi connectivity index (χ4v) is 4.59. The number of hydrogen-bond acceptors (Lipinski definition) is 3. The molecule has 0 amide bonds. The van der Waals surface area contributed by atoms with Gasteiger partial charge >= 0.3 is 0 Å². The molecule has 1 aromatic carbocycles. The highest BCUT2D eigenvalue weighted by Crippen LogP contribution is 2.49. The first kappa shape index (κ1) is 15.8. The average Bonchev–Trinajstić information content (AvgIpc) is 2.47. The molecule has 2 aliphatic rings. The maximum absolute atomic E-state index is 9.89. The Morgan fingerprint density at radius 3 is 2.95 bits per heavy atom. The molecule has 4 atom stereocenters. The minimum Gasteiger partial charge on any atom is -0.508 e. The van der Waals surface area contributed by atoms with E-state index in [2.05, 4.69) is 38.7 Å². The Bertz CT molecular complexity index is 544. The lowest BCUT2D eigenvalue weighted by Gasteiger charge is -2.55. The van der Waals surface area contributed by atoms with Crippen molar-refractivity contribution in [3.05, 3.63) is 29.3 Å². The van der Waals surface area contributed by atoms with Gasteiger partial charge in [-0.1, -0.05) is 19.9 Å². The second kappa shape index (κ2) is 5.86. The normalized spacial score (nSPS) is 32.5. The molecule has 0 unspecified atom stereocenters. The Kier molecular flexibility index (Phi) is 4.21. The average molecular weight is 303 g/mol. The van der Waals surface area contributed by atoms with Crippen molar-refractivity contribution < 1.29 is 9.84 Å². The molecule has 22 heavy (non-hydrogen) atoms. The molecule has 1 N–H and O–H groups in total. The monoisotopic (exact) mass is 303 g/mol. The number of aromatic hydroxyl groups is 1. The molecule has 0 saturated carbocycles. The molecule has 1 heterocycles. The SMILES string of the molecule is CCO[C@@H](C)CN1CC[C@@]2(C)c3cc(O)ccc3C[C@@H]1[C@H]2C. The van der Waals surface area contributed by atoms with Crippen LogP contribution in [0.3, 0.4) is 0 Å². The van der Waals surface area contributed by atoms with Gasteiger partial charge in [0, 0.05) is 19.2 Å². The quantitative estimate of drug-likeness (QED) is 0.926. The molecule has 1 fully saturated rings. The highest BCUT2D eigenvalue weighted by Gasteiger charge is 2.48. The van der Waals surface area contributed by atoms with E-state index in [4.69, 9.17) is 4.74 Å². The van der Waals surface area contributed by atoms with E-state index in [1.165, 1.54) is 11.1 Å². The number of fused-ring (bicyclic) bond motifs is 4. The van der Waals surface area contributed by atoms with Gasteiger partial charge in [0.25, 0.3) is 0 Å². The minimum absolute atomic E-state index is 0.183. The maximum Gasteiger partial charge on any atom is 0.115 e. The van der Waals surface area contributed by atoms with E-state index < -0.39 is 0 Å². The van der Waals surface area contributed by atoms with Crippen molar-refractivity contribution in [1.82, 2.24) is 4.90 Å². The van der Waals surface area contributed by atoms with E-state index in [0.29, 0.717) is 23.8 Å². The van der Waals surface area contributed by atoms with E-state index >= 15 is 0 Å². The Labute approximate surface area is 134 Å². The zero-order valence-corrected chi connectivity index (χ0v) is 14.3. The van der Waals surface area contributed by atoms with Crippen LogP contribution >= 0.6 is 0 Å². The van der Waals surface area contributed by atoms with E-state index in [1.54, 1.807) is 0 Å². The summed E-state index contributed by atoms with van der Waals surface area (Å²) in [6.07, 6.45) is 2.54. The summed E-state index contributed by atoms with van der Waals surface area (Å²) in [5, 5.41) is 9.89. The molecule has 3 heteroatoms. The number of likely N-dealkylation sites (tertiary alicyclic amines) is 1. The van der Waals surface area contributed by atoms with Crippen molar-refractivity contribution >= 4 is 0 Å². The first-order valence-electron chi connectivity index (χ1n) is 8.63. The van der Waals surface area contributed by atoms with Crippen molar-refractivity contribution in [2.75, 3.05) is 19.7 Å². The number of rotatable bonds is 4. The minimum atomic E-state index is 0.183. The van der Waals surface area contributed by atoms with Crippen LogP contribution in [-0.4, -0.2) is 41.8 Å². The summed E-state index contributed by atoms with van der Waals surface area (Å²) in [4.78, 5) is 2.63. The predicted octanol–water partition coefficient (Wildman–Crippen LogP) is 3.34. The van der Waals surface area contributed by atoms with Gasteiger partial charge in [0.15, 0.2) is 0 Å². The molecule has 1 aliphatic carbocycles. The lowest BCUT2D eigenvalue weighted by atomic mass is 9.59. The molecule has 1 saturated heterocycles. The highest BCUT2D eigenvalue weighted by molar-refractivity contribution is 5.44. The van der Waals surface area contributed by atoms with Crippen LogP contribution in [0.25, 0.3) is 0 Å². The molecule has 1 aromatic rings. The van der Waals surface area contributed by atoms with Crippen LogP contribution in [0.4, 0.5) is 0 Å². The van der Waals surface area contributed by atoms with Gasteiger partial charge in [-0.05, 0) is 67.8 Å². The third-order valence-corrected chi connectivity index (χ3v) is 6.05. The fourth-order valence-electron chi connectivity index (χ4n) is 4.59. The van der Waals surface area contributed by atoms with Gasteiger partial charge in [0.2, 0.25) is 0 Å². The highest BCUT2D eigenvalue weighted by atomic mass is 16.5. The van der Waals surface area contributed by atoms with Gasteiger partial charge in [0.05, 0.1) is 6.10 Å². The summed E-state index contributed by atoms with van der Waals surface area (Å²) in [5.41, 5.74) is 2.97. The lowest BCUT2D eigenvalue weighted by molar-refractivity contribution is -0.0164. The summed E-state index contributed by atoms with van der Waals surface area (Å²) in [5.74, 6) is 1.00. The summed E-state index contributed by atoms with van der Waals surface area (Å²) < 4.78 is 5.75. The third kappa shape index (κ3) is 2.55. The van der Waals surface area contributed by atoms with E-state index in [0.717, 1.165) is 32.5 Å². The van der Waals surface area contributed by atoms with Crippen LogP contribution in [0.1, 0.15) is 45.2 Å². The van der Waals surface area contributed by atoms with E-state index in [9.17, 15) is 5.11 Å². The summed E-state index contributed by atoms with van der Waals surface area (Å²) in [7, 11) is 0. The Morgan fingerprint density at radius 2 is 2.23 bits per heavy atom. The standard InChI is InChI=1S/C19H29NO2/c1-5-22-13(2)12-20-9-8-19(4)14(3)18(20)10-15-6-7-16(21)11-17(15)19/h6-7,11,13-14,18,21H,5,8-10,12H2,1-4H3/t13-,14+,18+,19+/m0/s1. The first-order valence-corrected chi connectivity index (χ1v) is 8.63. The second-order valence-corrected chi connectivity index (χ2v) is 7.33. The Balaban J connectivity index is 1.88. The van der Waals surface area contributed by atoms with Crippen molar-refractivity contribution in [2.24, 2.45) is 5.92 Å². The number of ether oxygens (including phenoxy) is 1. The second-order valence-electron chi connectivity index (χ2n) is 7.33. The van der Waals surface area contributed by atoms with Gasteiger partial charge in [-0.25, -0.2) is 0 Å². The van der Waals surface area contributed by atoms with Crippen molar-refractivity contribution in [2.45, 2.75) is 58.1 Å². The summed E-state index contributed by atoms with van der Waals surface area (Å²) in [6, 6.07) is 6.54. The smallest absolute Gasteiger partial charge is 0.115 e. The van der Waals surface area contributed by atoms with Crippen LogP contribution in [-0.2, 0) is 16.6 Å². The zero-order valence-electron chi connectivity index (χ0n) is 14.3. The van der Waals surface area contributed by atoms with E-state index in [1.807, 2.05) is 12.1 Å². The van der Waals surface area contributed by atoms with Gasteiger partial charge in [-0.15, -0.1) is 0 Å². The van der Waals surface area contributed by atoms with Gasteiger partial charge in [-0.3, -0.25) is 4.90 Å². The number of phenols is 1. The number of hydrogen-bond donors (Lipinski definition) is 1. The van der Waals surface area contributed by atoms with Gasteiger partial charge in [-0.2, -0.15) is 0 Å². The van der Waals surface area contributed by atoms with Crippen LogP contribution in [0.2, 0.25) is 0 Å². The van der Waals surface area contributed by atoms with Crippen LogP contribution in [0, 0.1) is 5.92 Å². The van der Waals surface area contributed by atoms with Gasteiger partial charge in [0.1, 0.15) is 5.75 Å². The summed E-state index contributed by atoms with van der Waals surface area (Å²) in [6.45, 7) is 11.9. The molecule has 122 valence electrons. The Hall–Kier alpha value is -1.06. The maximum atomic E-state index is 9.89. The predicted molar refractivity (Wildman–Crippen MR) is 89.4 cm³/mol. The first-order chi connectivity index (χ1) is 10.5. The van der Waals surface area contributed by atoms with Gasteiger partial charge < -0.3 is 9.84 Å². The summed E-state index contributed by atoms with van der Waals surface area (Å²) >= 11 is 0. The number of benzene rings is 1. The molecule has 3 rings (SSSR count). The van der Waals surface area contributed by atoms with Crippen molar-refractivity contribution in [3.8, 4) is 5.75 Å². The third-order valence-electron chi connectivity index (χ3n) is 6.05. The number of nitrogens with zero attached hydrogens (tertiary/aromatic N) is 1. The van der Waals surface area contributed by atoms with Crippen LogP contribution < -0.4 is 0 Å². The molecular formula is C19H29NO2. The molecule has 0 radical (unpaired) electrons. The fraction of sp³-hybridized carbons (Fsp3) is 0.684. The van der Waals surface area contributed by atoms with Crippen LogP contribution in [0.15, 0.2) is 18.2 Å². The van der Waals surface area contributed by atoms with Crippen molar-refractivity contribution in [3.63, 3.8) is 0 Å². The van der Waals surface area contributed by atoms with E-state index in [-0.39, 0.29) is 5.41 Å². The topological polar surface area (TPSA) is 32.7 Å². The molecule has 1 aliphatic heterocycles. The number of piperidine rings is 1. The Morgan fingerprint density at radius 1 is 1.45 bits per heavy atom. The molecule has 3 nitrogen and oxygen atoms in total. The van der Waals surface area contributed by atoms with Crippen molar-refractivity contribution in [1.29, 1.82) is 0 Å². The zero-order chi connectivity index (χ0) is 15.9. The molecular weight excluding hydrogens is 274 g/mol. The molecule has 0 spiro atoms. The molecule has 0 aromatic heterocycles. The largest absolute Gasteiger partial charge is 0.508 e. The molecule has 2 bridgehead atoms.